The zero-order valence-corrected chi connectivity index (χ0v) is 29.9. The molecule has 0 aliphatic carbocycles. The van der Waals surface area contributed by atoms with E-state index < -0.39 is 66.0 Å². The van der Waals surface area contributed by atoms with Crippen LogP contribution in [0.25, 0.3) is 0 Å². The van der Waals surface area contributed by atoms with Crippen LogP contribution in [0.2, 0.25) is 0 Å². The van der Waals surface area contributed by atoms with Crippen LogP contribution in [-0.2, 0) is 37.3 Å². The Morgan fingerprint density at radius 1 is 0.509 bits per heavy atom. The van der Waals surface area contributed by atoms with Crippen LogP contribution >= 0.6 is 19.5 Å². The van der Waals surface area contributed by atoms with Gasteiger partial charge in [0.1, 0.15) is 0 Å². The SMILES string of the molecule is FC(F)(F)c1cc(C[P+](C[C@H](Cc2ccccc2)NC(=S)Nc2cc(C(F)(F)F)cc(C(F)(F)F)c2)(c2ccccc2)c2ccccc2)cc(C(F)(F)F)c1. The maximum absolute atomic E-state index is 14.1. The Labute approximate surface area is 313 Å². The smallest absolute Gasteiger partial charge is 0.356 e. The third-order valence-electron chi connectivity index (χ3n) is 8.64. The molecule has 5 aromatic carbocycles. The average Bonchev–Trinajstić information content (AvgIpc) is 3.10. The van der Waals surface area contributed by atoms with Crippen LogP contribution in [0.1, 0.15) is 33.4 Å². The third-order valence-corrected chi connectivity index (χ3v) is 13.4. The van der Waals surface area contributed by atoms with Gasteiger partial charge in [-0.15, -0.1) is 0 Å². The second-order valence-electron chi connectivity index (χ2n) is 12.7. The molecule has 0 unspecified atom stereocenters. The molecule has 0 saturated heterocycles. The second-order valence-corrected chi connectivity index (χ2v) is 16.7. The third kappa shape index (κ3) is 10.8. The molecule has 0 saturated carbocycles. The molecule has 2 N–H and O–H groups in total. The molecule has 0 aromatic heterocycles. The Morgan fingerprint density at radius 2 is 0.891 bits per heavy atom. The lowest BCUT2D eigenvalue weighted by atomic mass is 10.1. The Kier molecular flexibility index (Phi) is 12.3. The van der Waals surface area contributed by atoms with Gasteiger partial charge in [-0.1, -0.05) is 66.7 Å². The van der Waals surface area contributed by atoms with Gasteiger partial charge in [0.2, 0.25) is 0 Å². The first-order valence-corrected chi connectivity index (χ1v) is 18.9. The summed E-state index contributed by atoms with van der Waals surface area (Å²) >= 11 is 5.45. The number of nitrogens with one attached hydrogen (secondary N) is 2. The largest absolute Gasteiger partial charge is 0.416 e. The van der Waals surface area contributed by atoms with Crippen LogP contribution in [0.5, 0.6) is 0 Å². The van der Waals surface area contributed by atoms with E-state index in [-0.39, 0.29) is 41.6 Å². The van der Waals surface area contributed by atoms with Crippen LogP contribution < -0.4 is 21.2 Å². The van der Waals surface area contributed by atoms with Crippen LogP contribution in [0.15, 0.2) is 127 Å². The number of anilines is 1. The summed E-state index contributed by atoms with van der Waals surface area (Å²) in [5.74, 6) is 0. The van der Waals surface area contributed by atoms with E-state index >= 15 is 0 Å². The summed E-state index contributed by atoms with van der Waals surface area (Å²) in [6, 6.07) is 27.2. The predicted molar refractivity (Wildman–Crippen MR) is 194 cm³/mol. The molecule has 2 nitrogen and oxygen atoms in total. The predicted octanol–water partition coefficient (Wildman–Crippen LogP) is 11.5. The van der Waals surface area contributed by atoms with Crippen LogP contribution in [-0.4, -0.2) is 17.3 Å². The number of benzene rings is 5. The first kappa shape index (κ1) is 41.5. The van der Waals surface area contributed by atoms with Gasteiger partial charge in [-0.05, 0) is 90.4 Å². The van der Waals surface area contributed by atoms with E-state index in [1.807, 2.05) is 0 Å². The maximum Gasteiger partial charge on any atom is 0.416 e. The van der Waals surface area contributed by atoms with Gasteiger partial charge in [-0.2, -0.15) is 52.7 Å². The maximum atomic E-state index is 14.1. The van der Waals surface area contributed by atoms with Crippen LogP contribution in [0, 0.1) is 0 Å². The fourth-order valence-electron chi connectivity index (χ4n) is 6.27. The van der Waals surface area contributed by atoms with Gasteiger partial charge in [0.05, 0.1) is 58.5 Å². The number of thiocarbonyl (C=S) groups is 1. The molecule has 0 fully saturated rings. The summed E-state index contributed by atoms with van der Waals surface area (Å²) in [6.45, 7) is 0. The molecule has 1 atom stereocenters. The Morgan fingerprint density at radius 3 is 1.29 bits per heavy atom. The highest BCUT2D eigenvalue weighted by molar-refractivity contribution is 7.88. The summed E-state index contributed by atoms with van der Waals surface area (Å²) in [5, 5.41) is 6.29. The van der Waals surface area contributed by atoms with Crippen molar-refractivity contribution in [2.24, 2.45) is 0 Å². The van der Waals surface area contributed by atoms with E-state index in [0.29, 0.717) is 40.4 Å². The average molecular weight is 818 g/mol. The molecule has 0 aliphatic heterocycles. The summed E-state index contributed by atoms with van der Waals surface area (Å²) in [7, 11) is -3.14. The molecule has 5 aromatic rings. The Balaban J connectivity index is 1.65. The summed E-state index contributed by atoms with van der Waals surface area (Å²) in [6.07, 6.45) is -20.6. The standard InChI is InChI=1S/C39H29F12N2PS/c40-36(41,42)27-16-26(17-28(19-27)37(43,44)45)23-54(33-12-6-2-7-13-33,34-14-8-3-9-15-34)24-32(18-25-10-4-1-5-11-25)53-35(55)52-31-21-29(38(46,47)48)20-30(22-31)39(49,50)51/h1-17,19-22,32H,18,23-24H2,(H-,52,53,55)/p+1/t32-/m0/s1. The lowest BCUT2D eigenvalue weighted by Crippen LogP contribution is -2.44. The zero-order chi connectivity index (χ0) is 40.2. The van der Waals surface area contributed by atoms with E-state index in [0.717, 1.165) is 0 Å². The molecule has 0 radical (unpaired) electrons. The molecular weight excluding hydrogens is 787 g/mol. The number of halogens is 12. The Bertz CT molecular complexity index is 1960. The van der Waals surface area contributed by atoms with Crippen LogP contribution in [0.4, 0.5) is 58.4 Å². The van der Waals surface area contributed by atoms with Crippen molar-refractivity contribution in [3.63, 3.8) is 0 Å². The topological polar surface area (TPSA) is 24.1 Å². The van der Waals surface area contributed by atoms with Crippen molar-refractivity contribution < 1.29 is 52.7 Å². The van der Waals surface area contributed by atoms with Gasteiger partial charge in [-0.3, -0.25) is 0 Å². The Hall–Kier alpha value is -4.62. The van der Waals surface area contributed by atoms with E-state index in [1.54, 1.807) is 91.0 Å². The monoisotopic (exact) mass is 817 g/mol. The molecule has 0 aliphatic rings. The minimum atomic E-state index is -5.13. The molecular formula is C39H30F12N2PS+. The highest BCUT2D eigenvalue weighted by atomic mass is 32.1. The lowest BCUT2D eigenvalue weighted by Gasteiger charge is -2.32. The quantitative estimate of drug-likeness (QED) is 0.0834. The van der Waals surface area contributed by atoms with E-state index in [4.69, 9.17) is 12.2 Å². The normalized spacial score (nSPS) is 13.3. The lowest BCUT2D eigenvalue weighted by molar-refractivity contribution is -0.144. The van der Waals surface area contributed by atoms with Gasteiger partial charge in [0.15, 0.2) is 5.11 Å². The molecule has 0 heterocycles. The van der Waals surface area contributed by atoms with E-state index in [1.165, 1.54) is 0 Å². The van der Waals surface area contributed by atoms with Gasteiger partial charge in [-0.25, -0.2) is 0 Å². The molecule has 16 heteroatoms. The van der Waals surface area contributed by atoms with Gasteiger partial charge >= 0.3 is 24.7 Å². The first-order chi connectivity index (χ1) is 25.6. The van der Waals surface area contributed by atoms with Crippen molar-refractivity contribution in [3.05, 3.63) is 161 Å². The van der Waals surface area contributed by atoms with Crippen LogP contribution in [0.3, 0.4) is 0 Å². The fourth-order valence-corrected chi connectivity index (χ4v) is 11.0. The van der Waals surface area contributed by atoms with Crippen molar-refractivity contribution >= 4 is 40.9 Å². The fraction of sp³-hybridized carbons (Fsp3) is 0.205. The van der Waals surface area contributed by atoms with Crippen molar-refractivity contribution in [3.8, 4) is 0 Å². The minimum Gasteiger partial charge on any atom is -0.356 e. The number of hydrogen-bond acceptors (Lipinski definition) is 1. The zero-order valence-electron chi connectivity index (χ0n) is 28.2. The van der Waals surface area contributed by atoms with E-state index in [2.05, 4.69) is 10.6 Å². The van der Waals surface area contributed by atoms with Gasteiger partial charge < -0.3 is 10.6 Å². The highest BCUT2D eigenvalue weighted by Gasteiger charge is 2.47. The van der Waals surface area contributed by atoms with E-state index in [9.17, 15) is 52.7 Å². The summed E-state index contributed by atoms with van der Waals surface area (Å²) < 4.78 is 166. The van der Waals surface area contributed by atoms with Gasteiger partial charge in [0.25, 0.3) is 0 Å². The number of rotatable bonds is 10. The second kappa shape index (κ2) is 16.2. The van der Waals surface area contributed by atoms with Gasteiger partial charge in [0, 0.05) is 5.69 Å². The van der Waals surface area contributed by atoms with Crippen molar-refractivity contribution in [1.29, 1.82) is 0 Å². The molecule has 0 spiro atoms. The molecule has 290 valence electrons. The number of alkyl halides is 12. The van der Waals surface area contributed by atoms with Crippen molar-refractivity contribution in [2.75, 3.05) is 11.5 Å². The minimum absolute atomic E-state index is 0.0196. The highest BCUT2D eigenvalue weighted by Crippen LogP contribution is 2.60. The molecule has 5 rings (SSSR count). The molecule has 55 heavy (non-hydrogen) atoms. The summed E-state index contributed by atoms with van der Waals surface area (Å²) in [5.41, 5.74) is -6.28. The molecule has 0 bridgehead atoms. The molecule has 0 amide bonds. The van der Waals surface area contributed by atoms with Crippen molar-refractivity contribution in [1.82, 2.24) is 5.32 Å². The summed E-state index contributed by atoms with van der Waals surface area (Å²) in [4.78, 5) is 0. The first-order valence-electron chi connectivity index (χ1n) is 16.3. The van der Waals surface area contributed by atoms with Crippen molar-refractivity contribution in [2.45, 2.75) is 43.3 Å². The number of hydrogen-bond donors (Lipinski definition) is 2.